The summed E-state index contributed by atoms with van der Waals surface area (Å²) in [6.45, 7) is 7.30. The van der Waals surface area contributed by atoms with Gasteiger partial charge in [0.05, 0.1) is 10.6 Å². The van der Waals surface area contributed by atoms with Crippen LogP contribution in [-0.4, -0.2) is 32.3 Å². The lowest BCUT2D eigenvalue weighted by molar-refractivity contribution is 0.0950. The van der Waals surface area contributed by atoms with E-state index in [2.05, 4.69) is 27.1 Å². The number of anilines is 1. The van der Waals surface area contributed by atoms with Crippen molar-refractivity contribution in [2.75, 3.05) is 17.8 Å². The van der Waals surface area contributed by atoms with Gasteiger partial charge in [0.1, 0.15) is 0 Å². The van der Waals surface area contributed by atoms with Crippen molar-refractivity contribution in [1.82, 2.24) is 10.2 Å². The molecule has 3 aromatic carbocycles. The van der Waals surface area contributed by atoms with Gasteiger partial charge in [-0.3, -0.25) is 14.4 Å². The van der Waals surface area contributed by atoms with E-state index in [4.69, 9.17) is 0 Å². The summed E-state index contributed by atoms with van der Waals surface area (Å²) >= 11 is 0. The van der Waals surface area contributed by atoms with E-state index >= 15 is 0 Å². The Hall–Kier alpha value is -3.16. The molecule has 0 atom stereocenters. The minimum Gasteiger partial charge on any atom is -0.348 e. The Kier molecular flexibility index (Phi) is 7.34. The predicted molar refractivity (Wildman–Crippen MR) is 135 cm³/mol. The number of nitrogens with one attached hydrogen (secondary N) is 2. The molecule has 0 aliphatic carbocycles. The third kappa shape index (κ3) is 5.85. The molecule has 0 saturated carbocycles. The topological polar surface area (TPSA) is 78.5 Å². The van der Waals surface area contributed by atoms with Crippen LogP contribution < -0.4 is 10.0 Å². The van der Waals surface area contributed by atoms with Crippen LogP contribution in [0, 0.1) is 13.8 Å². The lowest BCUT2D eigenvalue weighted by atomic mass is 10.1. The second-order valence-corrected chi connectivity index (χ2v) is 10.6. The molecule has 0 unspecified atom stereocenters. The van der Waals surface area contributed by atoms with E-state index in [0.29, 0.717) is 23.4 Å². The van der Waals surface area contributed by atoms with Crippen molar-refractivity contribution in [1.29, 1.82) is 0 Å². The van der Waals surface area contributed by atoms with Crippen molar-refractivity contribution in [3.05, 3.63) is 94.5 Å². The van der Waals surface area contributed by atoms with Crippen molar-refractivity contribution in [2.45, 2.75) is 44.7 Å². The molecule has 0 bridgehead atoms. The zero-order valence-corrected chi connectivity index (χ0v) is 20.5. The van der Waals surface area contributed by atoms with Gasteiger partial charge < -0.3 is 5.32 Å². The van der Waals surface area contributed by atoms with Crippen molar-refractivity contribution >= 4 is 21.6 Å². The Balaban J connectivity index is 1.41. The summed E-state index contributed by atoms with van der Waals surface area (Å²) in [4.78, 5) is 15.5. The summed E-state index contributed by atoms with van der Waals surface area (Å²) in [6.07, 6.45) is 2.49. The van der Waals surface area contributed by atoms with Gasteiger partial charge in [-0.2, -0.15) is 0 Å². The smallest absolute Gasteiger partial charge is 0.261 e. The minimum absolute atomic E-state index is 0.188. The normalized spacial score (nSPS) is 14.2. The van der Waals surface area contributed by atoms with Gasteiger partial charge in [-0.1, -0.05) is 42.0 Å². The van der Waals surface area contributed by atoms with Crippen LogP contribution in [0.4, 0.5) is 5.69 Å². The summed E-state index contributed by atoms with van der Waals surface area (Å²) in [5, 5.41) is 3.01. The number of hydrogen-bond donors (Lipinski definition) is 2. The number of rotatable bonds is 8. The summed E-state index contributed by atoms with van der Waals surface area (Å²) in [6, 6.07) is 19.9. The predicted octanol–water partition coefficient (Wildman–Crippen LogP) is 4.63. The Morgan fingerprint density at radius 2 is 1.59 bits per heavy atom. The molecule has 1 heterocycles. The molecule has 6 nitrogen and oxygen atoms in total. The average molecular weight is 478 g/mol. The maximum absolute atomic E-state index is 12.8. The molecule has 1 saturated heterocycles. The first-order chi connectivity index (χ1) is 16.3. The van der Waals surface area contributed by atoms with Gasteiger partial charge in [-0.15, -0.1) is 0 Å². The number of carbonyl (C=O) groups excluding carboxylic acids is 1. The highest BCUT2D eigenvalue weighted by Gasteiger charge is 2.17. The molecule has 34 heavy (non-hydrogen) atoms. The number of likely N-dealkylation sites (tertiary alicyclic amines) is 1. The Morgan fingerprint density at radius 1 is 0.912 bits per heavy atom. The van der Waals surface area contributed by atoms with Gasteiger partial charge in [-0.25, -0.2) is 8.42 Å². The lowest BCUT2D eigenvalue weighted by Crippen LogP contribution is -2.25. The zero-order chi connectivity index (χ0) is 24.1. The molecule has 1 amide bonds. The summed E-state index contributed by atoms with van der Waals surface area (Å²) in [7, 11) is -3.70. The van der Waals surface area contributed by atoms with Crippen LogP contribution in [-0.2, 0) is 23.1 Å². The largest absolute Gasteiger partial charge is 0.348 e. The maximum atomic E-state index is 12.8. The maximum Gasteiger partial charge on any atom is 0.261 e. The molecule has 2 N–H and O–H groups in total. The van der Waals surface area contributed by atoms with Gasteiger partial charge in [0.2, 0.25) is 0 Å². The fourth-order valence-corrected chi connectivity index (χ4v) is 5.31. The van der Waals surface area contributed by atoms with Gasteiger partial charge in [0, 0.05) is 18.7 Å². The van der Waals surface area contributed by atoms with Crippen LogP contribution in [0.2, 0.25) is 0 Å². The van der Waals surface area contributed by atoms with Crippen LogP contribution in [0.1, 0.15) is 45.5 Å². The monoisotopic (exact) mass is 477 g/mol. The highest BCUT2D eigenvalue weighted by Crippen LogP contribution is 2.22. The van der Waals surface area contributed by atoms with Crippen LogP contribution in [0.25, 0.3) is 0 Å². The summed E-state index contributed by atoms with van der Waals surface area (Å²) in [5.41, 5.74) is 4.96. The van der Waals surface area contributed by atoms with E-state index in [1.54, 1.807) is 49.4 Å². The van der Waals surface area contributed by atoms with Gasteiger partial charge in [0.15, 0.2) is 0 Å². The number of hydrogen-bond acceptors (Lipinski definition) is 4. The van der Waals surface area contributed by atoms with Crippen LogP contribution in [0.3, 0.4) is 0 Å². The van der Waals surface area contributed by atoms with E-state index in [9.17, 15) is 13.2 Å². The molecule has 1 fully saturated rings. The molecular formula is C27H31N3O3S. The van der Waals surface area contributed by atoms with E-state index < -0.39 is 10.0 Å². The molecule has 1 aliphatic heterocycles. The lowest BCUT2D eigenvalue weighted by Gasteiger charge is -2.18. The number of sulfonamides is 1. The van der Waals surface area contributed by atoms with Gasteiger partial charge >= 0.3 is 0 Å². The highest BCUT2D eigenvalue weighted by molar-refractivity contribution is 7.92. The van der Waals surface area contributed by atoms with Gasteiger partial charge in [0.25, 0.3) is 15.9 Å². The molecule has 1 aliphatic rings. The van der Waals surface area contributed by atoms with Crippen molar-refractivity contribution in [3.63, 3.8) is 0 Å². The molecule has 4 rings (SSSR count). The molecular weight excluding hydrogens is 446 g/mol. The SMILES string of the molecule is Cc1ccc(S(=O)(=O)Nc2ccc(C(=O)NCc3ccccc3CN3CCCC3)cc2C)cc1. The molecule has 3 aromatic rings. The quantitative estimate of drug-likeness (QED) is 0.496. The van der Waals surface area contributed by atoms with E-state index in [1.807, 2.05) is 19.1 Å². The number of carbonyl (C=O) groups is 1. The first-order valence-corrected chi connectivity index (χ1v) is 13.1. The number of amides is 1. The molecule has 0 radical (unpaired) electrons. The standard InChI is InChI=1S/C27H31N3O3S/c1-20-9-12-25(13-10-20)34(32,33)29-26-14-11-22(17-21(26)2)27(31)28-18-23-7-3-4-8-24(23)19-30-15-5-6-16-30/h3-4,7-14,17,29H,5-6,15-16,18-19H2,1-2H3,(H,28,31). The second-order valence-electron chi connectivity index (χ2n) is 8.88. The first kappa shape index (κ1) is 24.0. The first-order valence-electron chi connectivity index (χ1n) is 11.6. The fourth-order valence-electron chi connectivity index (χ4n) is 4.18. The Labute approximate surface area is 202 Å². The highest BCUT2D eigenvalue weighted by atomic mass is 32.2. The minimum atomic E-state index is -3.70. The number of benzene rings is 3. The Morgan fingerprint density at radius 3 is 2.26 bits per heavy atom. The second kappa shape index (κ2) is 10.4. The van der Waals surface area contributed by atoms with Gasteiger partial charge in [-0.05, 0) is 86.8 Å². The average Bonchev–Trinajstić information content (AvgIpc) is 3.33. The molecule has 7 heteroatoms. The van der Waals surface area contributed by atoms with Crippen LogP contribution in [0.5, 0.6) is 0 Å². The molecule has 0 spiro atoms. The van der Waals surface area contributed by atoms with Crippen molar-refractivity contribution in [3.8, 4) is 0 Å². The van der Waals surface area contributed by atoms with Crippen molar-refractivity contribution in [2.24, 2.45) is 0 Å². The van der Waals surface area contributed by atoms with Crippen molar-refractivity contribution < 1.29 is 13.2 Å². The summed E-state index contributed by atoms with van der Waals surface area (Å²) in [5.74, 6) is -0.188. The Bertz CT molecular complexity index is 1260. The third-order valence-corrected chi connectivity index (χ3v) is 7.60. The number of nitrogens with zero attached hydrogens (tertiary/aromatic N) is 1. The summed E-state index contributed by atoms with van der Waals surface area (Å²) < 4.78 is 28.0. The molecule has 0 aromatic heterocycles. The zero-order valence-electron chi connectivity index (χ0n) is 19.7. The van der Waals surface area contributed by atoms with E-state index in [-0.39, 0.29) is 10.8 Å². The molecule has 178 valence electrons. The van der Waals surface area contributed by atoms with E-state index in [0.717, 1.165) is 30.8 Å². The van der Waals surface area contributed by atoms with Crippen LogP contribution in [0.15, 0.2) is 71.6 Å². The van der Waals surface area contributed by atoms with Crippen LogP contribution >= 0.6 is 0 Å². The van der Waals surface area contributed by atoms with E-state index in [1.165, 1.54) is 18.4 Å². The number of aryl methyl sites for hydroxylation is 2. The third-order valence-electron chi connectivity index (χ3n) is 6.21. The fraction of sp³-hybridized carbons (Fsp3) is 0.296.